The molecule has 0 aliphatic carbocycles. The molecule has 0 aromatic carbocycles. The van der Waals surface area contributed by atoms with Gasteiger partial charge >= 0.3 is 0 Å². The summed E-state index contributed by atoms with van der Waals surface area (Å²) in [6, 6.07) is 0. The van der Waals surface area contributed by atoms with Crippen LogP contribution >= 0.6 is 0 Å². The van der Waals surface area contributed by atoms with Crippen molar-refractivity contribution in [1.29, 1.82) is 0 Å². The van der Waals surface area contributed by atoms with Crippen LogP contribution in [0.25, 0.3) is 0 Å². The molecule has 0 radical (unpaired) electrons. The third-order valence-electron chi connectivity index (χ3n) is 8.60. The lowest BCUT2D eigenvalue weighted by Gasteiger charge is -2.07. The van der Waals surface area contributed by atoms with E-state index in [-0.39, 0.29) is 0 Å². The summed E-state index contributed by atoms with van der Waals surface area (Å²) in [5.74, 6) is 1.62. The predicted octanol–water partition coefficient (Wildman–Crippen LogP) is 11.9. The van der Waals surface area contributed by atoms with Gasteiger partial charge in [0.2, 0.25) is 0 Å². The number of rotatable bonds is 30. The van der Waals surface area contributed by atoms with Crippen LogP contribution in [0.3, 0.4) is 0 Å². The van der Waals surface area contributed by atoms with Crippen molar-refractivity contribution >= 4 is 0 Å². The molecule has 2 heteroatoms. The number of nitrogens with zero attached hydrogens (tertiary/aromatic N) is 2. The largest absolute Gasteiger partial charge is 0.256 e. The smallest absolute Gasteiger partial charge is 0.234 e. The van der Waals surface area contributed by atoms with Gasteiger partial charge in [-0.15, -0.1) is 0 Å². The number of aryl methyl sites for hydroxylation is 2. The lowest BCUT2D eigenvalue weighted by molar-refractivity contribution is -0.704. The summed E-state index contributed by atoms with van der Waals surface area (Å²) in [7, 11) is 0. The highest BCUT2D eigenvalue weighted by Crippen LogP contribution is 2.14. The Morgan fingerprint density at radius 1 is 0.447 bits per heavy atom. The quantitative estimate of drug-likeness (QED) is 0.0689. The second-order valence-corrected chi connectivity index (χ2v) is 12.3. The fourth-order valence-corrected chi connectivity index (χ4v) is 5.97. The average Bonchev–Trinajstić information content (AvgIpc) is 3.31. The maximum atomic E-state index is 2.62. The van der Waals surface area contributed by atoms with E-state index < -0.39 is 0 Å². The van der Waals surface area contributed by atoms with Crippen LogP contribution in [-0.2, 0) is 19.5 Å². The predicted molar refractivity (Wildman–Crippen MR) is 170 cm³/mol. The van der Waals surface area contributed by atoms with Crippen LogP contribution < -0.4 is 4.57 Å². The van der Waals surface area contributed by atoms with Gasteiger partial charge in [-0.05, 0) is 32.1 Å². The van der Waals surface area contributed by atoms with Crippen LogP contribution in [-0.4, -0.2) is 4.57 Å². The van der Waals surface area contributed by atoms with E-state index >= 15 is 0 Å². The third kappa shape index (κ3) is 20.2. The maximum Gasteiger partial charge on any atom is 0.256 e. The first-order valence-electron chi connectivity index (χ1n) is 17.9. The van der Waals surface area contributed by atoms with Gasteiger partial charge in [-0.2, -0.15) is 0 Å². The van der Waals surface area contributed by atoms with E-state index in [1.54, 1.807) is 5.82 Å². The Kier molecular flexibility index (Phi) is 25.7. The fraction of sp³-hybridized carbons (Fsp3) is 0.917. The molecule has 0 aliphatic rings. The molecule has 1 heterocycles. The Balaban J connectivity index is 2.34. The van der Waals surface area contributed by atoms with Crippen molar-refractivity contribution in [2.75, 3.05) is 0 Å². The second-order valence-electron chi connectivity index (χ2n) is 12.3. The monoisotopic (exact) mass is 532 g/mol. The van der Waals surface area contributed by atoms with Crippen molar-refractivity contribution < 1.29 is 4.57 Å². The van der Waals surface area contributed by atoms with E-state index in [1.165, 1.54) is 193 Å². The summed E-state index contributed by atoms with van der Waals surface area (Å²) in [5, 5.41) is 0. The lowest BCUT2D eigenvalue weighted by Crippen LogP contribution is -2.37. The van der Waals surface area contributed by atoms with Gasteiger partial charge in [-0.3, -0.25) is 0 Å². The zero-order chi connectivity index (χ0) is 27.4. The molecule has 38 heavy (non-hydrogen) atoms. The number of hydrogen-bond acceptors (Lipinski definition) is 0. The van der Waals surface area contributed by atoms with E-state index in [9.17, 15) is 0 Å². The molecule has 0 N–H and O–H groups in total. The maximum absolute atomic E-state index is 2.62. The van der Waals surface area contributed by atoms with Gasteiger partial charge in [0.1, 0.15) is 12.4 Å². The molecule has 0 saturated carbocycles. The van der Waals surface area contributed by atoms with E-state index in [1.807, 2.05) is 0 Å². The van der Waals surface area contributed by atoms with Crippen LogP contribution in [0.4, 0.5) is 0 Å². The van der Waals surface area contributed by atoms with Crippen molar-refractivity contribution in [2.24, 2.45) is 0 Å². The Bertz CT molecular complexity index is 590. The summed E-state index contributed by atoms with van der Waals surface area (Å²) in [6.07, 6.45) is 44.4. The fourth-order valence-electron chi connectivity index (χ4n) is 5.97. The first-order chi connectivity index (χ1) is 18.8. The van der Waals surface area contributed by atoms with Gasteiger partial charge in [0.25, 0.3) is 5.82 Å². The molecule has 0 aliphatic heterocycles. The molecule has 0 bridgehead atoms. The van der Waals surface area contributed by atoms with Crippen LogP contribution in [0, 0.1) is 0 Å². The third-order valence-corrected chi connectivity index (χ3v) is 8.60. The molecule has 0 atom stereocenters. The van der Waals surface area contributed by atoms with Crippen molar-refractivity contribution in [3.63, 3.8) is 0 Å². The van der Waals surface area contributed by atoms with Crippen molar-refractivity contribution in [1.82, 2.24) is 4.57 Å². The van der Waals surface area contributed by atoms with E-state index in [0.717, 1.165) is 0 Å². The lowest BCUT2D eigenvalue weighted by atomic mass is 10.1. The summed E-state index contributed by atoms with van der Waals surface area (Å²) in [4.78, 5) is 0. The molecular weight excluding hydrogens is 460 g/mol. The molecule has 1 aromatic rings. The normalized spacial score (nSPS) is 11.6. The van der Waals surface area contributed by atoms with Gasteiger partial charge < -0.3 is 0 Å². The number of hydrogen-bond donors (Lipinski definition) is 0. The highest BCUT2D eigenvalue weighted by Gasteiger charge is 2.16. The van der Waals surface area contributed by atoms with Gasteiger partial charge in [0, 0.05) is 6.42 Å². The Morgan fingerprint density at radius 3 is 1.26 bits per heavy atom. The average molecular weight is 532 g/mol. The van der Waals surface area contributed by atoms with Crippen LogP contribution in [0.5, 0.6) is 0 Å². The van der Waals surface area contributed by atoms with Crippen molar-refractivity contribution in [3.8, 4) is 0 Å². The molecule has 0 unspecified atom stereocenters. The molecule has 2 nitrogen and oxygen atoms in total. The van der Waals surface area contributed by atoms with Crippen molar-refractivity contribution in [3.05, 3.63) is 18.2 Å². The van der Waals surface area contributed by atoms with Gasteiger partial charge in [0.05, 0.1) is 13.1 Å². The molecule has 0 amide bonds. The Labute approximate surface area is 240 Å². The zero-order valence-electron chi connectivity index (χ0n) is 26.8. The molecule has 1 rings (SSSR count). The highest BCUT2D eigenvalue weighted by atomic mass is 15.1. The van der Waals surface area contributed by atoms with Gasteiger partial charge in [0.15, 0.2) is 0 Å². The zero-order valence-corrected chi connectivity index (χ0v) is 26.8. The van der Waals surface area contributed by atoms with Gasteiger partial charge in [-0.25, -0.2) is 9.13 Å². The number of imidazole rings is 1. The standard InChI is InChI=1S/C36H71N2/c1-4-7-10-13-16-19-20-22-25-28-31-36-37(32-29-26-23-18-15-12-9-6-3)34-35-38(36)33-30-27-24-21-17-14-11-8-5-2/h34-35H,4-33H2,1-3H3/q+1. The highest BCUT2D eigenvalue weighted by molar-refractivity contribution is 4.84. The molecule has 0 saturated heterocycles. The minimum absolute atomic E-state index is 1.23. The summed E-state index contributed by atoms with van der Waals surface area (Å²) >= 11 is 0. The van der Waals surface area contributed by atoms with E-state index in [0.29, 0.717) is 0 Å². The molecule has 1 aromatic heterocycles. The van der Waals surface area contributed by atoms with Crippen LogP contribution in [0.2, 0.25) is 0 Å². The van der Waals surface area contributed by atoms with Crippen LogP contribution in [0.1, 0.15) is 200 Å². The summed E-state index contributed by atoms with van der Waals surface area (Å²) in [5.41, 5.74) is 0. The topological polar surface area (TPSA) is 8.81 Å². The van der Waals surface area contributed by atoms with E-state index in [2.05, 4.69) is 42.3 Å². The number of unbranched alkanes of at least 4 members (excludes halogenated alkanes) is 24. The molecular formula is C36H71N2+. The SMILES string of the molecule is CCCCCCCCCCCCc1n(CCCCCCCCCC)cc[n+]1CCCCCCCCCCC. The van der Waals surface area contributed by atoms with E-state index in [4.69, 9.17) is 0 Å². The molecule has 0 spiro atoms. The summed E-state index contributed by atoms with van der Waals surface area (Å²) in [6.45, 7) is 9.39. The first-order valence-corrected chi connectivity index (χ1v) is 17.9. The summed E-state index contributed by atoms with van der Waals surface area (Å²) < 4.78 is 5.25. The Morgan fingerprint density at radius 2 is 0.816 bits per heavy atom. The van der Waals surface area contributed by atoms with Crippen molar-refractivity contribution in [2.45, 2.75) is 214 Å². The minimum Gasteiger partial charge on any atom is -0.234 e. The Hall–Kier alpha value is -0.790. The molecule has 224 valence electrons. The number of aromatic nitrogens is 2. The second kappa shape index (κ2) is 27.8. The first kappa shape index (κ1) is 35.2. The minimum atomic E-state index is 1.23. The van der Waals surface area contributed by atoms with Gasteiger partial charge in [-0.1, -0.05) is 162 Å². The molecule has 0 fully saturated rings. The van der Waals surface area contributed by atoms with Crippen LogP contribution in [0.15, 0.2) is 12.4 Å².